The van der Waals surface area contributed by atoms with Crippen LogP contribution in [0.1, 0.15) is 39.5 Å². The summed E-state index contributed by atoms with van der Waals surface area (Å²) in [6, 6.07) is 0. The molecular formula is C16H34IN5O. The zero-order valence-electron chi connectivity index (χ0n) is 14.9. The highest BCUT2D eigenvalue weighted by Crippen LogP contribution is 2.19. The fourth-order valence-electron chi connectivity index (χ4n) is 3.11. The number of primary amides is 1. The molecule has 0 radical (unpaired) electrons. The molecule has 0 saturated carbocycles. The second kappa shape index (κ2) is 12.8. The maximum absolute atomic E-state index is 11.1. The quantitative estimate of drug-likeness (QED) is 0.342. The number of aliphatic imine (C=N–C) groups is 1. The van der Waals surface area contributed by atoms with Crippen molar-refractivity contribution in [1.29, 1.82) is 0 Å². The lowest BCUT2D eigenvalue weighted by atomic mass is 9.95. The molecule has 3 N–H and O–H groups in total. The molecule has 1 rings (SSSR count). The highest BCUT2D eigenvalue weighted by atomic mass is 127. The molecule has 6 nitrogen and oxygen atoms in total. The first-order valence-electron chi connectivity index (χ1n) is 8.56. The highest BCUT2D eigenvalue weighted by Gasteiger charge is 2.23. The van der Waals surface area contributed by atoms with Crippen LogP contribution in [0.2, 0.25) is 0 Å². The highest BCUT2D eigenvalue weighted by molar-refractivity contribution is 14.0. The summed E-state index contributed by atoms with van der Waals surface area (Å²) >= 11 is 0. The van der Waals surface area contributed by atoms with Crippen molar-refractivity contribution in [3.8, 4) is 0 Å². The molecule has 1 aliphatic rings. The van der Waals surface area contributed by atoms with E-state index in [9.17, 15) is 4.79 Å². The van der Waals surface area contributed by atoms with Crippen LogP contribution in [0.15, 0.2) is 4.99 Å². The van der Waals surface area contributed by atoms with E-state index in [1.54, 1.807) is 0 Å². The van der Waals surface area contributed by atoms with Crippen molar-refractivity contribution in [1.82, 2.24) is 15.1 Å². The fraction of sp³-hybridized carbons (Fsp3) is 0.875. The Morgan fingerprint density at radius 3 is 2.70 bits per heavy atom. The number of hydrogen-bond acceptors (Lipinski definition) is 3. The van der Waals surface area contributed by atoms with Crippen LogP contribution in [-0.4, -0.2) is 68.0 Å². The van der Waals surface area contributed by atoms with Crippen LogP contribution in [-0.2, 0) is 4.79 Å². The number of carbonyl (C=O) groups is 1. The first kappa shape index (κ1) is 22.4. The first-order valence-corrected chi connectivity index (χ1v) is 8.56. The molecule has 0 bridgehead atoms. The number of likely N-dealkylation sites (N-methyl/N-ethyl adjacent to an activating group) is 1. The molecule has 7 heteroatoms. The Labute approximate surface area is 158 Å². The van der Waals surface area contributed by atoms with Gasteiger partial charge in [-0.2, -0.15) is 0 Å². The van der Waals surface area contributed by atoms with Crippen molar-refractivity contribution in [2.24, 2.45) is 16.6 Å². The Morgan fingerprint density at radius 2 is 2.13 bits per heavy atom. The molecule has 1 heterocycles. The second-order valence-electron chi connectivity index (χ2n) is 6.03. The van der Waals surface area contributed by atoms with Gasteiger partial charge >= 0.3 is 0 Å². The molecule has 1 saturated heterocycles. The SMILES string of the molecule is CCCN(CC)CCNC(=NC)N1CCCC(CC(N)=O)C1.I. The predicted octanol–water partition coefficient (Wildman–Crippen LogP) is 1.50. The van der Waals surface area contributed by atoms with Gasteiger partial charge in [0.1, 0.15) is 0 Å². The number of guanidine groups is 1. The largest absolute Gasteiger partial charge is 0.370 e. The van der Waals surface area contributed by atoms with E-state index in [4.69, 9.17) is 5.73 Å². The number of nitrogens with one attached hydrogen (secondary N) is 1. The fourth-order valence-corrected chi connectivity index (χ4v) is 3.11. The van der Waals surface area contributed by atoms with E-state index >= 15 is 0 Å². The van der Waals surface area contributed by atoms with E-state index in [1.807, 2.05) is 7.05 Å². The van der Waals surface area contributed by atoms with Gasteiger partial charge in [0, 0.05) is 39.6 Å². The van der Waals surface area contributed by atoms with Crippen molar-refractivity contribution in [2.75, 3.05) is 46.3 Å². The Hall–Kier alpha value is -0.570. The summed E-state index contributed by atoms with van der Waals surface area (Å²) in [5.74, 6) is 1.10. The number of nitrogens with zero attached hydrogens (tertiary/aromatic N) is 3. The van der Waals surface area contributed by atoms with Crippen LogP contribution < -0.4 is 11.1 Å². The zero-order chi connectivity index (χ0) is 16.4. The third kappa shape index (κ3) is 8.74. The van der Waals surface area contributed by atoms with E-state index in [0.717, 1.165) is 58.1 Å². The lowest BCUT2D eigenvalue weighted by molar-refractivity contribution is -0.119. The summed E-state index contributed by atoms with van der Waals surface area (Å²) in [6.45, 7) is 10.4. The van der Waals surface area contributed by atoms with Crippen molar-refractivity contribution in [3.05, 3.63) is 0 Å². The number of likely N-dealkylation sites (tertiary alicyclic amines) is 1. The molecule has 0 aromatic heterocycles. The minimum Gasteiger partial charge on any atom is -0.370 e. The van der Waals surface area contributed by atoms with E-state index < -0.39 is 0 Å². The van der Waals surface area contributed by atoms with Crippen molar-refractivity contribution in [3.63, 3.8) is 0 Å². The van der Waals surface area contributed by atoms with Crippen LogP contribution >= 0.6 is 24.0 Å². The summed E-state index contributed by atoms with van der Waals surface area (Å²) in [6.07, 6.45) is 3.84. The third-order valence-electron chi connectivity index (χ3n) is 4.22. The molecule has 0 aliphatic carbocycles. The Kier molecular flexibility index (Phi) is 12.5. The van der Waals surface area contributed by atoms with Crippen LogP contribution in [0.25, 0.3) is 0 Å². The van der Waals surface area contributed by atoms with E-state index in [0.29, 0.717) is 12.3 Å². The molecule has 0 aromatic rings. The third-order valence-corrected chi connectivity index (χ3v) is 4.22. The molecule has 1 fully saturated rings. The van der Waals surface area contributed by atoms with Gasteiger partial charge in [0.2, 0.25) is 5.91 Å². The predicted molar refractivity (Wildman–Crippen MR) is 107 cm³/mol. The standard InChI is InChI=1S/C16H33N5O.HI/c1-4-9-20(5-2)11-8-19-16(18-3)21-10-6-7-14(13-21)12-15(17)22;/h14H,4-13H2,1-3H3,(H2,17,22)(H,18,19);1H. The lowest BCUT2D eigenvalue weighted by Crippen LogP contribution is -2.48. The van der Waals surface area contributed by atoms with Gasteiger partial charge in [-0.1, -0.05) is 13.8 Å². The van der Waals surface area contributed by atoms with E-state index in [2.05, 4.69) is 34.0 Å². The minimum atomic E-state index is -0.201. The number of amides is 1. The van der Waals surface area contributed by atoms with Gasteiger partial charge in [-0.25, -0.2) is 0 Å². The average Bonchev–Trinajstić information content (AvgIpc) is 2.50. The summed E-state index contributed by atoms with van der Waals surface area (Å²) in [5.41, 5.74) is 5.33. The molecule has 23 heavy (non-hydrogen) atoms. The second-order valence-corrected chi connectivity index (χ2v) is 6.03. The number of halogens is 1. The number of rotatable bonds is 8. The van der Waals surface area contributed by atoms with Gasteiger partial charge in [-0.3, -0.25) is 9.79 Å². The van der Waals surface area contributed by atoms with Crippen LogP contribution in [0.3, 0.4) is 0 Å². The molecule has 1 aliphatic heterocycles. The van der Waals surface area contributed by atoms with Crippen LogP contribution in [0.4, 0.5) is 0 Å². The molecule has 0 aromatic carbocycles. The molecule has 1 atom stereocenters. The minimum absolute atomic E-state index is 0. The van der Waals surface area contributed by atoms with Gasteiger partial charge in [-0.15, -0.1) is 24.0 Å². The molecule has 1 amide bonds. The van der Waals surface area contributed by atoms with Gasteiger partial charge in [0.15, 0.2) is 5.96 Å². The molecule has 136 valence electrons. The lowest BCUT2D eigenvalue weighted by Gasteiger charge is -2.35. The van der Waals surface area contributed by atoms with Crippen LogP contribution in [0, 0.1) is 5.92 Å². The summed E-state index contributed by atoms with van der Waals surface area (Å²) in [7, 11) is 1.82. The van der Waals surface area contributed by atoms with Crippen molar-refractivity contribution < 1.29 is 4.79 Å². The number of piperidine rings is 1. The van der Waals surface area contributed by atoms with Crippen molar-refractivity contribution in [2.45, 2.75) is 39.5 Å². The Balaban J connectivity index is 0.00000484. The zero-order valence-corrected chi connectivity index (χ0v) is 17.2. The monoisotopic (exact) mass is 439 g/mol. The van der Waals surface area contributed by atoms with Gasteiger partial charge in [0.05, 0.1) is 0 Å². The maximum atomic E-state index is 11.1. The molecule has 0 spiro atoms. The van der Waals surface area contributed by atoms with E-state index in [-0.39, 0.29) is 29.9 Å². The average molecular weight is 439 g/mol. The number of hydrogen-bond donors (Lipinski definition) is 2. The Bertz CT molecular complexity index is 364. The summed E-state index contributed by atoms with van der Waals surface area (Å²) < 4.78 is 0. The van der Waals surface area contributed by atoms with Crippen LogP contribution in [0.5, 0.6) is 0 Å². The topological polar surface area (TPSA) is 74.0 Å². The maximum Gasteiger partial charge on any atom is 0.217 e. The Morgan fingerprint density at radius 1 is 1.39 bits per heavy atom. The van der Waals surface area contributed by atoms with Gasteiger partial charge in [0.25, 0.3) is 0 Å². The number of carbonyl (C=O) groups excluding carboxylic acids is 1. The first-order chi connectivity index (χ1) is 10.6. The normalized spacial score (nSPS) is 18.7. The van der Waals surface area contributed by atoms with Gasteiger partial charge < -0.3 is 20.9 Å². The van der Waals surface area contributed by atoms with E-state index in [1.165, 1.54) is 6.42 Å². The smallest absolute Gasteiger partial charge is 0.217 e. The van der Waals surface area contributed by atoms with Gasteiger partial charge in [-0.05, 0) is 38.3 Å². The van der Waals surface area contributed by atoms with Crippen molar-refractivity contribution >= 4 is 35.8 Å². The molecular weight excluding hydrogens is 405 g/mol. The summed E-state index contributed by atoms with van der Waals surface area (Å²) in [5, 5.41) is 3.45. The summed E-state index contributed by atoms with van der Waals surface area (Å²) in [4.78, 5) is 20.2. The molecule has 1 unspecified atom stereocenters. The number of nitrogens with two attached hydrogens (primary N) is 1.